The van der Waals surface area contributed by atoms with Gasteiger partial charge in [-0.1, -0.05) is 23.2 Å². The van der Waals surface area contributed by atoms with Crippen LogP contribution in [0.5, 0.6) is 11.6 Å². The summed E-state index contributed by atoms with van der Waals surface area (Å²) in [6, 6.07) is 6.64. The summed E-state index contributed by atoms with van der Waals surface area (Å²) in [5, 5.41) is 0.879. The van der Waals surface area contributed by atoms with Crippen molar-refractivity contribution in [1.82, 2.24) is 9.97 Å². The van der Waals surface area contributed by atoms with Crippen LogP contribution in [0.3, 0.4) is 0 Å². The van der Waals surface area contributed by atoms with E-state index >= 15 is 0 Å². The Morgan fingerprint density at radius 2 is 1.94 bits per heavy atom. The molecule has 0 aliphatic rings. The van der Waals surface area contributed by atoms with E-state index in [4.69, 9.17) is 33.8 Å². The van der Waals surface area contributed by atoms with Crippen LogP contribution < -0.4 is 16.0 Å². The van der Waals surface area contributed by atoms with Crippen LogP contribution in [0, 0.1) is 6.92 Å². The lowest BCUT2D eigenvalue weighted by Crippen LogP contribution is -2.11. The van der Waals surface area contributed by atoms with Gasteiger partial charge in [-0.15, -0.1) is 0 Å². The molecule has 1 aromatic heterocycles. The zero-order valence-corrected chi connectivity index (χ0v) is 11.0. The van der Waals surface area contributed by atoms with Gasteiger partial charge in [0.2, 0.25) is 11.8 Å². The van der Waals surface area contributed by atoms with Crippen molar-refractivity contribution in [3.8, 4) is 11.6 Å². The van der Waals surface area contributed by atoms with Gasteiger partial charge < -0.3 is 4.74 Å². The molecule has 7 heteroatoms. The molecule has 0 saturated carbocycles. The van der Waals surface area contributed by atoms with E-state index in [2.05, 4.69) is 15.4 Å². The monoisotopic (exact) mass is 284 g/mol. The number of nitrogens with one attached hydrogen (secondary N) is 1. The average Bonchev–Trinajstić information content (AvgIpc) is 2.33. The highest BCUT2D eigenvalue weighted by Crippen LogP contribution is 2.29. The quantitative estimate of drug-likeness (QED) is 0.669. The number of nitrogen functional groups attached to an aromatic ring is 1. The lowest BCUT2D eigenvalue weighted by Gasteiger charge is -2.07. The summed E-state index contributed by atoms with van der Waals surface area (Å²) in [6.45, 7) is 1.81. The molecule has 0 aliphatic carbocycles. The SMILES string of the molecule is Cc1cc(Oc2ccc(Cl)c(Cl)c2)nc(NN)n1. The number of hydrogen-bond donors (Lipinski definition) is 2. The third kappa shape index (κ3) is 3.01. The Morgan fingerprint density at radius 1 is 1.17 bits per heavy atom. The smallest absolute Gasteiger partial charge is 0.240 e. The van der Waals surface area contributed by atoms with E-state index in [0.29, 0.717) is 21.7 Å². The predicted molar refractivity (Wildman–Crippen MR) is 71.1 cm³/mol. The van der Waals surface area contributed by atoms with Gasteiger partial charge >= 0.3 is 0 Å². The molecular weight excluding hydrogens is 275 g/mol. The molecule has 2 rings (SSSR count). The van der Waals surface area contributed by atoms with E-state index in [-0.39, 0.29) is 5.95 Å². The van der Waals surface area contributed by atoms with Gasteiger partial charge in [-0.2, -0.15) is 4.98 Å². The van der Waals surface area contributed by atoms with Crippen LogP contribution in [0.1, 0.15) is 5.69 Å². The summed E-state index contributed by atoms with van der Waals surface area (Å²) < 4.78 is 5.55. The molecule has 0 fully saturated rings. The Balaban J connectivity index is 2.27. The summed E-state index contributed by atoms with van der Waals surface area (Å²) in [6.07, 6.45) is 0. The number of nitrogens with two attached hydrogens (primary N) is 1. The summed E-state index contributed by atoms with van der Waals surface area (Å²) in [5.41, 5.74) is 3.09. The second-order valence-electron chi connectivity index (χ2n) is 3.49. The second kappa shape index (κ2) is 5.39. The fourth-order valence-corrected chi connectivity index (χ4v) is 1.61. The lowest BCUT2D eigenvalue weighted by molar-refractivity contribution is 0.461. The molecule has 0 atom stereocenters. The van der Waals surface area contributed by atoms with Crippen molar-refractivity contribution >= 4 is 29.2 Å². The van der Waals surface area contributed by atoms with Gasteiger partial charge in [0, 0.05) is 17.8 Å². The minimum Gasteiger partial charge on any atom is -0.439 e. The largest absolute Gasteiger partial charge is 0.439 e. The van der Waals surface area contributed by atoms with Crippen LogP contribution in [-0.4, -0.2) is 9.97 Å². The minimum absolute atomic E-state index is 0.282. The molecule has 0 saturated heterocycles. The first-order chi connectivity index (χ1) is 8.58. The first kappa shape index (κ1) is 12.9. The number of hydrazine groups is 1. The number of benzene rings is 1. The highest BCUT2D eigenvalue weighted by molar-refractivity contribution is 6.42. The Bertz CT molecular complexity index is 577. The van der Waals surface area contributed by atoms with Gasteiger partial charge in [0.05, 0.1) is 10.0 Å². The van der Waals surface area contributed by atoms with Gasteiger partial charge in [0.15, 0.2) is 0 Å². The fraction of sp³-hybridized carbons (Fsp3) is 0.0909. The molecule has 18 heavy (non-hydrogen) atoms. The first-order valence-corrected chi connectivity index (χ1v) is 5.79. The summed E-state index contributed by atoms with van der Waals surface area (Å²) in [7, 11) is 0. The molecule has 1 aromatic carbocycles. The Kier molecular flexibility index (Phi) is 3.86. The minimum atomic E-state index is 0.282. The summed E-state index contributed by atoms with van der Waals surface area (Å²) >= 11 is 11.7. The molecule has 0 amide bonds. The Labute approximate surface area is 114 Å². The van der Waals surface area contributed by atoms with Crippen LogP contribution in [0.2, 0.25) is 10.0 Å². The van der Waals surface area contributed by atoms with Crippen LogP contribution >= 0.6 is 23.2 Å². The molecule has 0 radical (unpaired) electrons. The number of nitrogens with zero attached hydrogens (tertiary/aromatic N) is 2. The fourth-order valence-electron chi connectivity index (χ4n) is 1.32. The topological polar surface area (TPSA) is 73.1 Å². The highest BCUT2D eigenvalue weighted by Gasteiger charge is 2.05. The van der Waals surface area contributed by atoms with E-state index < -0.39 is 0 Å². The van der Waals surface area contributed by atoms with Crippen molar-refractivity contribution in [3.05, 3.63) is 40.0 Å². The van der Waals surface area contributed by atoms with E-state index in [1.54, 1.807) is 24.3 Å². The van der Waals surface area contributed by atoms with Crippen LogP contribution in [0.25, 0.3) is 0 Å². The first-order valence-electron chi connectivity index (χ1n) is 5.03. The number of ether oxygens (including phenoxy) is 1. The molecule has 5 nitrogen and oxygen atoms in total. The molecular formula is C11H10Cl2N4O. The number of rotatable bonds is 3. The van der Waals surface area contributed by atoms with E-state index in [0.717, 1.165) is 5.69 Å². The van der Waals surface area contributed by atoms with Crippen LogP contribution in [0.15, 0.2) is 24.3 Å². The predicted octanol–water partition coefficient (Wildman–Crippen LogP) is 3.17. The van der Waals surface area contributed by atoms with E-state index in [1.807, 2.05) is 6.92 Å². The number of aromatic nitrogens is 2. The number of halogens is 2. The zero-order chi connectivity index (χ0) is 13.1. The molecule has 0 unspecified atom stereocenters. The second-order valence-corrected chi connectivity index (χ2v) is 4.31. The van der Waals surface area contributed by atoms with Crippen molar-refractivity contribution in [1.29, 1.82) is 0 Å². The van der Waals surface area contributed by atoms with E-state index in [1.165, 1.54) is 0 Å². The van der Waals surface area contributed by atoms with Crippen LogP contribution in [0.4, 0.5) is 5.95 Å². The maximum absolute atomic E-state index is 5.89. The zero-order valence-electron chi connectivity index (χ0n) is 9.45. The summed E-state index contributed by atoms with van der Waals surface area (Å²) in [5.74, 6) is 6.44. The highest BCUT2D eigenvalue weighted by atomic mass is 35.5. The molecule has 3 N–H and O–H groups in total. The Morgan fingerprint density at radius 3 is 2.61 bits per heavy atom. The number of anilines is 1. The number of aryl methyl sites for hydroxylation is 1. The van der Waals surface area contributed by atoms with Gasteiger partial charge in [0.25, 0.3) is 0 Å². The van der Waals surface area contributed by atoms with Crippen molar-refractivity contribution in [2.75, 3.05) is 5.43 Å². The molecule has 2 aromatic rings. The lowest BCUT2D eigenvalue weighted by atomic mass is 10.3. The molecule has 1 heterocycles. The number of hydrogen-bond acceptors (Lipinski definition) is 5. The van der Waals surface area contributed by atoms with Gasteiger partial charge in [0.1, 0.15) is 5.75 Å². The van der Waals surface area contributed by atoms with Crippen LogP contribution in [-0.2, 0) is 0 Å². The normalized spacial score (nSPS) is 10.2. The van der Waals surface area contributed by atoms with Crippen molar-refractivity contribution < 1.29 is 4.74 Å². The molecule has 0 aliphatic heterocycles. The van der Waals surface area contributed by atoms with Crippen molar-refractivity contribution in [3.63, 3.8) is 0 Å². The van der Waals surface area contributed by atoms with Crippen molar-refractivity contribution in [2.24, 2.45) is 5.84 Å². The van der Waals surface area contributed by atoms with Gasteiger partial charge in [-0.3, -0.25) is 5.43 Å². The van der Waals surface area contributed by atoms with Crippen molar-refractivity contribution in [2.45, 2.75) is 6.92 Å². The summed E-state index contributed by atoms with van der Waals surface area (Å²) in [4.78, 5) is 8.11. The third-order valence-corrected chi connectivity index (χ3v) is 2.81. The Hall–Kier alpha value is -1.56. The maximum atomic E-state index is 5.89. The standard InChI is InChI=1S/C11H10Cl2N4O/c1-6-4-10(16-11(15-6)17-14)18-7-2-3-8(12)9(13)5-7/h2-5H,14H2,1H3,(H,15,16,17). The van der Waals surface area contributed by atoms with E-state index in [9.17, 15) is 0 Å². The molecule has 0 spiro atoms. The maximum Gasteiger partial charge on any atom is 0.240 e. The molecule has 94 valence electrons. The molecule has 0 bridgehead atoms. The third-order valence-electron chi connectivity index (χ3n) is 2.07. The van der Waals surface area contributed by atoms with Gasteiger partial charge in [-0.25, -0.2) is 10.8 Å². The average molecular weight is 285 g/mol. The van der Waals surface area contributed by atoms with Gasteiger partial charge in [-0.05, 0) is 19.1 Å².